The first kappa shape index (κ1) is 20.4. The van der Waals surface area contributed by atoms with Crippen LogP contribution in [-0.4, -0.2) is 41.5 Å². The second kappa shape index (κ2) is 10.3. The largest absolute Gasteiger partial charge is 0.384 e. The molecule has 1 unspecified atom stereocenters. The molecule has 142 valence electrons. The number of fused-ring (bicyclic) bond motifs is 1. The summed E-state index contributed by atoms with van der Waals surface area (Å²) in [5, 5.41) is 4.35. The molecule has 4 nitrogen and oxygen atoms in total. The van der Waals surface area contributed by atoms with E-state index in [1.54, 1.807) is 11.3 Å². The molecule has 26 heavy (non-hydrogen) atoms. The molecule has 0 aromatic carbocycles. The van der Waals surface area contributed by atoms with E-state index in [9.17, 15) is 4.39 Å². The van der Waals surface area contributed by atoms with Crippen molar-refractivity contribution in [2.75, 3.05) is 19.6 Å². The molecule has 1 saturated heterocycles. The summed E-state index contributed by atoms with van der Waals surface area (Å²) in [7, 11) is 0. The van der Waals surface area contributed by atoms with Gasteiger partial charge in [0.05, 0.1) is 22.1 Å². The molecule has 1 atom stereocenters. The number of thiazole rings is 1. The van der Waals surface area contributed by atoms with Crippen molar-refractivity contribution in [1.82, 2.24) is 15.2 Å². The number of likely N-dealkylation sites (tertiary alicyclic amines) is 1. The molecule has 0 bridgehead atoms. The van der Waals surface area contributed by atoms with Crippen LogP contribution >= 0.6 is 11.3 Å². The van der Waals surface area contributed by atoms with Gasteiger partial charge < -0.3 is 10.2 Å². The van der Waals surface area contributed by atoms with E-state index in [0.29, 0.717) is 13.0 Å². The molecule has 0 saturated carbocycles. The lowest BCUT2D eigenvalue weighted by molar-refractivity contribution is 0.196. The van der Waals surface area contributed by atoms with Crippen LogP contribution in [0.15, 0.2) is 36.5 Å². The van der Waals surface area contributed by atoms with Gasteiger partial charge in [0.15, 0.2) is 0 Å². The molecule has 3 heterocycles. The molecule has 1 aromatic rings. The highest BCUT2D eigenvalue weighted by Gasteiger charge is 2.20. The molecule has 3 rings (SSSR count). The first-order valence-electron chi connectivity index (χ1n) is 9.33. The maximum atomic E-state index is 13.6. The lowest BCUT2D eigenvalue weighted by Gasteiger charge is -2.30. The van der Waals surface area contributed by atoms with E-state index >= 15 is 0 Å². The number of nitrogens with zero attached hydrogens (tertiary/aromatic N) is 3. The van der Waals surface area contributed by atoms with Gasteiger partial charge in [0.2, 0.25) is 0 Å². The summed E-state index contributed by atoms with van der Waals surface area (Å²) in [5.74, 6) is 0.778. The van der Waals surface area contributed by atoms with E-state index in [4.69, 9.17) is 4.98 Å². The van der Waals surface area contributed by atoms with Crippen molar-refractivity contribution >= 4 is 22.9 Å². The van der Waals surface area contributed by atoms with Gasteiger partial charge in [-0.3, -0.25) is 0 Å². The SMILES string of the molecule is C=CN=C(/C=C\Cc1nc2c(s1)C(=C)NCC2)N1CCCC(F)C1.CC. The number of hydrogen-bond acceptors (Lipinski definition) is 4. The molecule has 1 aromatic heterocycles. The topological polar surface area (TPSA) is 40.5 Å². The van der Waals surface area contributed by atoms with Crippen LogP contribution in [0.25, 0.3) is 5.70 Å². The third-order valence-electron chi connectivity index (χ3n) is 4.19. The Bertz CT molecular complexity index is 677. The molecule has 0 amide bonds. The van der Waals surface area contributed by atoms with Gasteiger partial charge in [-0.1, -0.05) is 33.1 Å². The number of piperidine rings is 1. The minimum Gasteiger partial charge on any atom is -0.384 e. The molecule has 0 radical (unpaired) electrons. The Kier molecular flexibility index (Phi) is 8.04. The third-order valence-corrected chi connectivity index (χ3v) is 5.37. The summed E-state index contributed by atoms with van der Waals surface area (Å²) in [5.41, 5.74) is 2.11. The zero-order valence-electron chi connectivity index (χ0n) is 15.8. The van der Waals surface area contributed by atoms with Crippen LogP contribution in [0.4, 0.5) is 4.39 Å². The van der Waals surface area contributed by atoms with E-state index in [2.05, 4.69) is 23.5 Å². The Labute approximate surface area is 160 Å². The second-order valence-corrected chi connectivity index (χ2v) is 7.08. The molecular formula is C20H29FN4S. The van der Waals surface area contributed by atoms with E-state index in [1.165, 1.54) is 11.1 Å². The summed E-state index contributed by atoms with van der Waals surface area (Å²) in [6, 6.07) is 0. The third kappa shape index (κ3) is 5.27. The number of amidine groups is 1. The Hall–Kier alpha value is -1.95. The quantitative estimate of drug-likeness (QED) is 0.627. The number of alkyl halides is 1. The predicted molar refractivity (Wildman–Crippen MR) is 110 cm³/mol. The van der Waals surface area contributed by atoms with Crippen molar-refractivity contribution in [3.63, 3.8) is 0 Å². The van der Waals surface area contributed by atoms with Crippen molar-refractivity contribution in [3.05, 3.63) is 47.1 Å². The summed E-state index contributed by atoms with van der Waals surface area (Å²) in [6.07, 6.45) is 7.93. The summed E-state index contributed by atoms with van der Waals surface area (Å²) in [6.45, 7) is 13.9. The minimum atomic E-state index is -0.772. The molecule has 1 fully saturated rings. The van der Waals surface area contributed by atoms with E-state index in [-0.39, 0.29) is 0 Å². The minimum absolute atomic E-state index is 0.411. The summed E-state index contributed by atoms with van der Waals surface area (Å²) in [4.78, 5) is 12.2. The highest BCUT2D eigenvalue weighted by atomic mass is 32.1. The van der Waals surface area contributed by atoms with Gasteiger partial charge in [-0.25, -0.2) is 14.4 Å². The Balaban J connectivity index is 0.00000117. The normalized spacial score (nSPS) is 20.3. The van der Waals surface area contributed by atoms with Crippen LogP contribution in [0.1, 0.15) is 42.3 Å². The fourth-order valence-corrected chi connectivity index (χ4v) is 4.06. The average Bonchev–Trinajstić information content (AvgIpc) is 3.07. The number of nitrogens with one attached hydrogen (secondary N) is 1. The lowest BCUT2D eigenvalue weighted by atomic mass is 10.1. The van der Waals surface area contributed by atoms with Gasteiger partial charge in [0.25, 0.3) is 0 Å². The highest BCUT2D eigenvalue weighted by Crippen LogP contribution is 2.27. The highest BCUT2D eigenvalue weighted by molar-refractivity contribution is 7.12. The Morgan fingerprint density at radius 3 is 3.00 bits per heavy atom. The van der Waals surface area contributed by atoms with E-state index in [0.717, 1.165) is 54.6 Å². The number of aliphatic imine (C=N–C) groups is 1. The van der Waals surface area contributed by atoms with E-state index in [1.807, 2.05) is 30.9 Å². The number of hydrogen-bond donors (Lipinski definition) is 1. The molecule has 6 heteroatoms. The Morgan fingerprint density at radius 2 is 2.31 bits per heavy atom. The maximum Gasteiger partial charge on any atom is 0.128 e. The second-order valence-electron chi connectivity index (χ2n) is 6.00. The van der Waals surface area contributed by atoms with Crippen LogP contribution in [0.3, 0.4) is 0 Å². The van der Waals surface area contributed by atoms with Crippen LogP contribution in [0.5, 0.6) is 0 Å². The van der Waals surface area contributed by atoms with E-state index < -0.39 is 6.17 Å². The summed E-state index contributed by atoms with van der Waals surface area (Å²) >= 11 is 1.69. The molecule has 0 spiro atoms. The van der Waals surface area contributed by atoms with Gasteiger partial charge >= 0.3 is 0 Å². The number of halogens is 1. The van der Waals surface area contributed by atoms with Gasteiger partial charge in [-0.15, -0.1) is 11.3 Å². The number of allylic oxidation sites excluding steroid dienone is 1. The zero-order chi connectivity index (χ0) is 18.9. The predicted octanol–water partition coefficient (Wildman–Crippen LogP) is 4.36. The van der Waals surface area contributed by atoms with Gasteiger partial charge in [-0.2, -0.15) is 0 Å². The van der Waals surface area contributed by atoms with Gasteiger partial charge in [-0.05, 0) is 18.9 Å². The fourth-order valence-electron chi connectivity index (χ4n) is 3.03. The first-order chi connectivity index (χ1) is 12.7. The summed E-state index contributed by atoms with van der Waals surface area (Å²) < 4.78 is 13.6. The van der Waals surface area contributed by atoms with Crippen LogP contribution in [0, 0.1) is 0 Å². The molecule has 2 aliphatic rings. The Morgan fingerprint density at radius 1 is 1.50 bits per heavy atom. The van der Waals surface area contributed by atoms with Crippen molar-refractivity contribution in [3.8, 4) is 0 Å². The molecule has 2 aliphatic heterocycles. The van der Waals surface area contributed by atoms with Gasteiger partial charge in [0.1, 0.15) is 12.0 Å². The first-order valence-corrected chi connectivity index (χ1v) is 10.1. The van der Waals surface area contributed by atoms with Crippen LogP contribution in [-0.2, 0) is 12.8 Å². The number of aromatic nitrogens is 1. The van der Waals surface area contributed by atoms with Crippen LogP contribution < -0.4 is 5.32 Å². The monoisotopic (exact) mass is 376 g/mol. The molecule has 0 aliphatic carbocycles. The zero-order valence-corrected chi connectivity index (χ0v) is 16.6. The van der Waals surface area contributed by atoms with Crippen molar-refractivity contribution in [2.24, 2.45) is 4.99 Å². The fraction of sp³-hybridized carbons (Fsp3) is 0.500. The molecule has 1 N–H and O–H groups in total. The van der Waals surface area contributed by atoms with Gasteiger partial charge in [0, 0.05) is 37.8 Å². The van der Waals surface area contributed by atoms with Crippen molar-refractivity contribution in [1.29, 1.82) is 0 Å². The maximum absolute atomic E-state index is 13.6. The molecular weight excluding hydrogens is 347 g/mol. The van der Waals surface area contributed by atoms with Crippen LogP contribution in [0.2, 0.25) is 0 Å². The van der Waals surface area contributed by atoms with Crippen molar-refractivity contribution in [2.45, 2.75) is 45.7 Å². The van der Waals surface area contributed by atoms with Crippen molar-refractivity contribution < 1.29 is 4.39 Å². The smallest absolute Gasteiger partial charge is 0.128 e. The lowest BCUT2D eigenvalue weighted by Crippen LogP contribution is -2.39. The number of rotatable bonds is 4. The standard InChI is InChI=1S/C18H23FN4S.C2H6/c1-3-20-16(23-11-5-6-14(19)12-23)7-4-8-17-22-15-9-10-21-13(2)18(15)24-17;1-2/h3-4,7,14,21H,1-2,5-6,8-12H2;1-2H3/b7-4-,20-16?;. The average molecular weight is 377 g/mol.